The molecule has 7 heteroatoms. The Kier molecular flexibility index (Phi) is 8.37. The SMILES string of the molecule is Cl.O=C(CC1COCCN1)NCCc1c(Cl)cccc1Cl. The number of halogens is 3. The van der Waals surface area contributed by atoms with Crippen molar-refractivity contribution in [2.24, 2.45) is 0 Å². The third-order valence-corrected chi connectivity index (χ3v) is 3.90. The van der Waals surface area contributed by atoms with Gasteiger partial charge in [-0.3, -0.25) is 4.79 Å². The second-order valence-electron chi connectivity index (χ2n) is 4.73. The number of benzene rings is 1. The van der Waals surface area contributed by atoms with Gasteiger partial charge in [-0.05, 0) is 24.1 Å². The van der Waals surface area contributed by atoms with Crippen LogP contribution >= 0.6 is 35.6 Å². The Morgan fingerprint density at radius 3 is 2.71 bits per heavy atom. The lowest BCUT2D eigenvalue weighted by Crippen LogP contribution is -2.44. The molecule has 0 saturated carbocycles. The van der Waals surface area contributed by atoms with Crippen LogP contribution in [0.3, 0.4) is 0 Å². The van der Waals surface area contributed by atoms with E-state index in [1.165, 1.54) is 0 Å². The topological polar surface area (TPSA) is 50.4 Å². The molecule has 1 atom stereocenters. The lowest BCUT2D eigenvalue weighted by atomic mass is 10.1. The minimum absolute atomic E-state index is 0. The Balaban J connectivity index is 0.00000220. The number of rotatable bonds is 5. The molecule has 21 heavy (non-hydrogen) atoms. The van der Waals surface area contributed by atoms with Crippen LogP contribution in [0.5, 0.6) is 0 Å². The van der Waals surface area contributed by atoms with E-state index in [0.29, 0.717) is 42.6 Å². The molecule has 1 aliphatic rings. The van der Waals surface area contributed by atoms with E-state index in [-0.39, 0.29) is 24.4 Å². The summed E-state index contributed by atoms with van der Waals surface area (Å²) >= 11 is 12.2. The predicted octanol–water partition coefficient (Wildman–Crippen LogP) is 2.45. The lowest BCUT2D eigenvalue weighted by Gasteiger charge is -2.23. The Bertz CT molecular complexity index is 445. The van der Waals surface area contributed by atoms with Crippen molar-refractivity contribution in [1.29, 1.82) is 0 Å². The minimum Gasteiger partial charge on any atom is -0.378 e. The standard InChI is InChI=1S/C14H18Cl2N2O2.ClH/c15-12-2-1-3-13(16)11(12)4-5-18-14(19)8-10-9-20-7-6-17-10;/h1-3,10,17H,4-9H2,(H,18,19);1H. The third kappa shape index (κ3) is 6.01. The number of hydrogen-bond donors (Lipinski definition) is 2. The molecule has 1 fully saturated rings. The van der Waals surface area contributed by atoms with Gasteiger partial charge < -0.3 is 15.4 Å². The zero-order valence-corrected chi connectivity index (χ0v) is 13.9. The van der Waals surface area contributed by atoms with Gasteiger partial charge in [0.1, 0.15) is 0 Å². The highest BCUT2D eigenvalue weighted by atomic mass is 35.5. The smallest absolute Gasteiger partial charge is 0.221 e. The van der Waals surface area contributed by atoms with Gasteiger partial charge in [0.05, 0.1) is 13.2 Å². The third-order valence-electron chi connectivity index (χ3n) is 3.19. The van der Waals surface area contributed by atoms with Crippen molar-refractivity contribution < 1.29 is 9.53 Å². The minimum atomic E-state index is 0. The van der Waals surface area contributed by atoms with Gasteiger partial charge in [-0.1, -0.05) is 29.3 Å². The van der Waals surface area contributed by atoms with Gasteiger partial charge >= 0.3 is 0 Å². The fraction of sp³-hybridized carbons (Fsp3) is 0.500. The highest BCUT2D eigenvalue weighted by molar-refractivity contribution is 6.35. The number of hydrogen-bond acceptors (Lipinski definition) is 3. The van der Waals surface area contributed by atoms with Gasteiger partial charge in [0.15, 0.2) is 0 Å². The van der Waals surface area contributed by atoms with E-state index in [1.54, 1.807) is 12.1 Å². The number of ether oxygens (including phenoxy) is 1. The van der Waals surface area contributed by atoms with Crippen molar-refractivity contribution in [3.63, 3.8) is 0 Å². The molecule has 4 nitrogen and oxygen atoms in total. The number of carbonyl (C=O) groups is 1. The second kappa shape index (κ2) is 9.49. The molecule has 118 valence electrons. The van der Waals surface area contributed by atoms with Crippen molar-refractivity contribution in [3.05, 3.63) is 33.8 Å². The molecule has 0 bridgehead atoms. The molecule has 0 spiro atoms. The molecule has 0 aliphatic carbocycles. The molecule has 1 heterocycles. The summed E-state index contributed by atoms with van der Waals surface area (Å²) in [6.45, 7) is 2.62. The Labute approximate surface area is 140 Å². The first-order chi connectivity index (χ1) is 9.66. The van der Waals surface area contributed by atoms with Crippen LogP contribution in [0.1, 0.15) is 12.0 Å². The summed E-state index contributed by atoms with van der Waals surface area (Å²) in [5.74, 6) is 0.0103. The average molecular weight is 354 g/mol. The van der Waals surface area contributed by atoms with Gasteiger partial charge in [0.25, 0.3) is 0 Å². The summed E-state index contributed by atoms with van der Waals surface area (Å²) in [5.41, 5.74) is 0.871. The monoisotopic (exact) mass is 352 g/mol. The van der Waals surface area contributed by atoms with Gasteiger partial charge in [-0.2, -0.15) is 0 Å². The molecule has 1 aromatic carbocycles. The highest BCUT2D eigenvalue weighted by Crippen LogP contribution is 2.24. The van der Waals surface area contributed by atoms with E-state index in [4.69, 9.17) is 27.9 Å². The van der Waals surface area contributed by atoms with Gasteiger partial charge in [-0.25, -0.2) is 0 Å². The van der Waals surface area contributed by atoms with Crippen LogP contribution in [0.2, 0.25) is 10.0 Å². The average Bonchev–Trinajstić information content (AvgIpc) is 2.43. The maximum absolute atomic E-state index is 11.8. The van der Waals surface area contributed by atoms with Gasteiger partial charge in [0, 0.05) is 35.6 Å². The summed E-state index contributed by atoms with van der Waals surface area (Å²) in [6.07, 6.45) is 1.05. The van der Waals surface area contributed by atoms with Crippen molar-refractivity contribution in [3.8, 4) is 0 Å². The van der Waals surface area contributed by atoms with Crippen LogP contribution in [0, 0.1) is 0 Å². The molecule has 1 aromatic rings. The molecule has 1 amide bonds. The van der Waals surface area contributed by atoms with Crippen molar-refractivity contribution in [2.45, 2.75) is 18.9 Å². The highest BCUT2D eigenvalue weighted by Gasteiger charge is 2.16. The first kappa shape index (κ1) is 18.5. The molecule has 1 aliphatic heterocycles. The molecule has 2 rings (SSSR count). The largest absolute Gasteiger partial charge is 0.378 e. The van der Waals surface area contributed by atoms with Gasteiger partial charge in [-0.15, -0.1) is 12.4 Å². The summed E-state index contributed by atoms with van der Waals surface area (Å²) in [6, 6.07) is 5.51. The summed E-state index contributed by atoms with van der Waals surface area (Å²) in [5, 5.41) is 7.40. The molecular formula is C14H19Cl3N2O2. The number of carbonyl (C=O) groups excluding carboxylic acids is 1. The molecule has 1 unspecified atom stereocenters. The number of nitrogens with one attached hydrogen (secondary N) is 2. The zero-order valence-electron chi connectivity index (χ0n) is 11.5. The normalized spacial score (nSPS) is 17.9. The van der Waals surface area contributed by atoms with Gasteiger partial charge in [0.2, 0.25) is 5.91 Å². The van der Waals surface area contributed by atoms with E-state index in [1.807, 2.05) is 6.07 Å². The lowest BCUT2D eigenvalue weighted by molar-refractivity contribution is -0.122. The first-order valence-electron chi connectivity index (χ1n) is 6.67. The van der Waals surface area contributed by atoms with Crippen molar-refractivity contribution in [2.75, 3.05) is 26.3 Å². The maximum Gasteiger partial charge on any atom is 0.221 e. The van der Waals surface area contributed by atoms with E-state index >= 15 is 0 Å². The molecular weight excluding hydrogens is 335 g/mol. The Morgan fingerprint density at radius 1 is 1.38 bits per heavy atom. The van der Waals surface area contributed by atoms with Crippen LogP contribution in [0.4, 0.5) is 0 Å². The first-order valence-corrected chi connectivity index (χ1v) is 7.43. The summed E-state index contributed by atoms with van der Waals surface area (Å²) in [4.78, 5) is 11.8. The molecule has 0 aromatic heterocycles. The Morgan fingerprint density at radius 2 is 2.10 bits per heavy atom. The maximum atomic E-state index is 11.8. The van der Waals surface area contributed by atoms with Crippen LogP contribution in [0.25, 0.3) is 0 Å². The van der Waals surface area contributed by atoms with Crippen molar-refractivity contribution >= 4 is 41.5 Å². The molecule has 0 radical (unpaired) electrons. The predicted molar refractivity (Wildman–Crippen MR) is 87.7 cm³/mol. The molecule has 1 saturated heterocycles. The summed E-state index contributed by atoms with van der Waals surface area (Å²) < 4.78 is 5.31. The van der Waals surface area contributed by atoms with E-state index < -0.39 is 0 Å². The van der Waals surface area contributed by atoms with Crippen molar-refractivity contribution in [1.82, 2.24) is 10.6 Å². The second-order valence-corrected chi connectivity index (χ2v) is 5.54. The van der Waals surface area contributed by atoms with Crippen LogP contribution < -0.4 is 10.6 Å². The van der Waals surface area contributed by atoms with Crippen LogP contribution in [-0.4, -0.2) is 38.3 Å². The van der Waals surface area contributed by atoms with Crippen LogP contribution in [-0.2, 0) is 16.0 Å². The quantitative estimate of drug-likeness (QED) is 0.855. The fourth-order valence-electron chi connectivity index (χ4n) is 2.14. The zero-order chi connectivity index (χ0) is 14.4. The Hall–Kier alpha value is -0.520. The van der Waals surface area contributed by atoms with E-state index in [2.05, 4.69) is 10.6 Å². The van der Waals surface area contributed by atoms with E-state index in [9.17, 15) is 4.79 Å². The molecule has 2 N–H and O–H groups in total. The number of morpholine rings is 1. The van der Waals surface area contributed by atoms with Crippen LogP contribution in [0.15, 0.2) is 18.2 Å². The van der Waals surface area contributed by atoms with E-state index in [0.717, 1.165) is 12.1 Å². The number of amides is 1. The summed E-state index contributed by atoms with van der Waals surface area (Å²) in [7, 11) is 0. The fourth-order valence-corrected chi connectivity index (χ4v) is 2.73.